The van der Waals surface area contributed by atoms with Crippen LogP contribution in [0.25, 0.3) is 0 Å². The summed E-state index contributed by atoms with van der Waals surface area (Å²) in [7, 11) is 0. The quantitative estimate of drug-likeness (QED) is 0.504. The third-order valence-corrected chi connectivity index (χ3v) is 1.20. The van der Waals surface area contributed by atoms with E-state index in [2.05, 4.69) is 0 Å². The molecule has 2 aromatic carbocycles. The van der Waals surface area contributed by atoms with Crippen LogP contribution >= 0.6 is 0 Å². The van der Waals surface area contributed by atoms with Crippen molar-refractivity contribution in [2.75, 3.05) is 0 Å². The predicted octanol–water partition coefficient (Wildman–Crippen LogP) is 2.51. The van der Waals surface area contributed by atoms with Gasteiger partial charge in [-0.15, -0.1) is 12.1 Å². The van der Waals surface area contributed by atoms with Gasteiger partial charge in [0.2, 0.25) is 0 Å². The van der Waals surface area contributed by atoms with Gasteiger partial charge in [0.15, 0.2) is 0 Å². The van der Waals surface area contributed by atoms with Gasteiger partial charge in [-0.05, 0) is 0 Å². The SMILES string of the molecule is O[c-]1cccc1.[Ti+2].c1cc[cH-]c1. The van der Waals surface area contributed by atoms with E-state index in [0.717, 1.165) is 0 Å². The van der Waals surface area contributed by atoms with Crippen LogP contribution in [0.5, 0.6) is 5.75 Å². The average molecular weight is 194 g/mol. The number of aromatic hydroxyl groups is 1. The summed E-state index contributed by atoms with van der Waals surface area (Å²) in [5, 5.41) is 8.47. The Morgan fingerprint density at radius 1 is 0.917 bits per heavy atom. The van der Waals surface area contributed by atoms with Gasteiger partial charge in [-0.1, -0.05) is 0 Å². The molecule has 1 nitrogen and oxygen atoms in total. The van der Waals surface area contributed by atoms with E-state index in [0.29, 0.717) is 5.75 Å². The second-order valence-corrected chi connectivity index (χ2v) is 2.11. The predicted molar refractivity (Wildman–Crippen MR) is 45.7 cm³/mol. The maximum atomic E-state index is 8.47. The molecule has 12 heavy (non-hydrogen) atoms. The minimum atomic E-state index is 0. The summed E-state index contributed by atoms with van der Waals surface area (Å²) in [6, 6.07) is 16.9. The fourth-order valence-electron chi connectivity index (χ4n) is 0.685. The fourth-order valence-corrected chi connectivity index (χ4v) is 0.685. The molecule has 0 aromatic heterocycles. The van der Waals surface area contributed by atoms with Crippen LogP contribution in [0, 0.1) is 0 Å². The molecular weight excluding hydrogens is 184 g/mol. The van der Waals surface area contributed by atoms with Gasteiger partial charge >= 0.3 is 21.7 Å². The molecule has 60 valence electrons. The average Bonchev–Trinajstić information content (AvgIpc) is 2.57. The summed E-state index contributed by atoms with van der Waals surface area (Å²) in [6.45, 7) is 0. The van der Waals surface area contributed by atoms with Crippen LogP contribution in [-0.4, -0.2) is 5.11 Å². The summed E-state index contributed by atoms with van der Waals surface area (Å²) in [6.07, 6.45) is 0. The number of hydrogen-bond acceptors (Lipinski definition) is 1. The van der Waals surface area contributed by atoms with Gasteiger partial charge in [-0.3, -0.25) is 0 Å². The Kier molecular flexibility index (Phi) is 6.44. The van der Waals surface area contributed by atoms with Crippen molar-refractivity contribution < 1.29 is 26.8 Å². The normalized spacial score (nSPS) is 7.67. The molecule has 0 aliphatic carbocycles. The molecule has 0 aliphatic heterocycles. The first-order chi connectivity index (χ1) is 5.39. The third kappa shape index (κ3) is 4.94. The van der Waals surface area contributed by atoms with Gasteiger partial charge in [-0.2, -0.15) is 18.2 Å². The molecule has 0 spiro atoms. The van der Waals surface area contributed by atoms with E-state index in [-0.39, 0.29) is 21.7 Å². The van der Waals surface area contributed by atoms with Crippen LogP contribution in [-0.2, 0) is 21.7 Å². The van der Waals surface area contributed by atoms with E-state index in [1.807, 2.05) is 30.3 Å². The molecule has 1 N–H and O–H groups in total. The Bertz CT molecular complexity index is 228. The first kappa shape index (κ1) is 11.2. The molecule has 0 atom stereocenters. The van der Waals surface area contributed by atoms with Crippen LogP contribution in [0.15, 0.2) is 54.6 Å². The number of hydrogen-bond donors (Lipinski definition) is 1. The second kappa shape index (κ2) is 6.90. The number of rotatable bonds is 0. The molecule has 0 aliphatic rings. The van der Waals surface area contributed by atoms with Crippen molar-refractivity contribution in [1.29, 1.82) is 0 Å². The molecule has 0 unspecified atom stereocenters. The molecular formula is C10H10OTi. The maximum absolute atomic E-state index is 8.47. The molecule has 0 amide bonds. The molecule has 0 fully saturated rings. The van der Waals surface area contributed by atoms with E-state index in [1.165, 1.54) is 0 Å². The zero-order valence-corrected chi connectivity index (χ0v) is 8.20. The zero-order chi connectivity index (χ0) is 7.94. The first-order valence-corrected chi connectivity index (χ1v) is 3.47. The fraction of sp³-hybridized carbons (Fsp3) is 0. The molecule has 0 saturated carbocycles. The Morgan fingerprint density at radius 2 is 1.42 bits per heavy atom. The Hall–Kier alpha value is -0.786. The van der Waals surface area contributed by atoms with Crippen LogP contribution in [0.3, 0.4) is 0 Å². The third-order valence-electron chi connectivity index (χ3n) is 1.20. The molecule has 0 radical (unpaired) electrons. The molecule has 0 heterocycles. The standard InChI is InChI=1S/C5H5O.C5H5.Ti/c6-5-3-1-2-4-5;1-2-4-5-3-1;/h1-4,6H;1-5H;/q2*-1;+2. The summed E-state index contributed by atoms with van der Waals surface area (Å²) in [5.41, 5.74) is 0. The first-order valence-electron chi connectivity index (χ1n) is 3.47. The summed E-state index contributed by atoms with van der Waals surface area (Å²) >= 11 is 0. The van der Waals surface area contributed by atoms with Gasteiger partial charge in [0, 0.05) is 5.75 Å². The van der Waals surface area contributed by atoms with Crippen LogP contribution in [0.1, 0.15) is 0 Å². The van der Waals surface area contributed by atoms with Crippen LogP contribution in [0.2, 0.25) is 0 Å². The molecule has 2 rings (SSSR count). The van der Waals surface area contributed by atoms with Crippen LogP contribution < -0.4 is 0 Å². The van der Waals surface area contributed by atoms with Crippen molar-refractivity contribution in [3.8, 4) is 5.75 Å². The monoisotopic (exact) mass is 194 g/mol. The van der Waals surface area contributed by atoms with Crippen molar-refractivity contribution in [2.24, 2.45) is 0 Å². The van der Waals surface area contributed by atoms with Crippen LogP contribution in [0.4, 0.5) is 0 Å². The zero-order valence-electron chi connectivity index (χ0n) is 6.64. The molecule has 0 saturated heterocycles. The minimum Gasteiger partial charge on any atom is -0.566 e. The van der Waals surface area contributed by atoms with Crippen molar-refractivity contribution in [3.63, 3.8) is 0 Å². The minimum absolute atomic E-state index is 0. The Morgan fingerprint density at radius 3 is 1.58 bits per heavy atom. The van der Waals surface area contributed by atoms with Crippen molar-refractivity contribution in [2.45, 2.75) is 0 Å². The van der Waals surface area contributed by atoms with Gasteiger partial charge in [0.25, 0.3) is 0 Å². The Labute approximate surface area is 87.3 Å². The molecule has 2 aromatic rings. The molecule has 2 heteroatoms. The van der Waals surface area contributed by atoms with Gasteiger partial charge in [-0.25, -0.2) is 24.3 Å². The topological polar surface area (TPSA) is 20.2 Å². The van der Waals surface area contributed by atoms with Gasteiger partial charge < -0.3 is 5.11 Å². The summed E-state index contributed by atoms with van der Waals surface area (Å²) in [5.74, 6) is 0.343. The van der Waals surface area contributed by atoms with E-state index in [1.54, 1.807) is 24.3 Å². The van der Waals surface area contributed by atoms with E-state index in [4.69, 9.17) is 5.11 Å². The largest absolute Gasteiger partial charge is 2.00 e. The van der Waals surface area contributed by atoms with Crippen molar-refractivity contribution in [3.05, 3.63) is 54.6 Å². The maximum Gasteiger partial charge on any atom is 2.00 e. The van der Waals surface area contributed by atoms with Gasteiger partial charge in [0.1, 0.15) is 0 Å². The smallest absolute Gasteiger partial charge is 0.566 e. The van der Waals surface area contributed by atoms with E-state index in [9.17, 15) is 0 Å². The van der Waals surface area contributed by atoms with E-state index >= 15 is 0 Å². The summed E-state index contributed by atoms with van der Waals surface area (Å²) < 4.78 is 0. The van der Waals surface area contributed by atoms with Gasteiger partial charge in [0.05, 0.1) is 0 Å². The van der Waals surface area contributed by atoms with E-state index < -0.39 is 0 Å². The van der Waals surface area contributed by atoms with Crippen molar-refractivity contribution in [1.82, 2.24) is 0 Å². The Balaban J connectivity index is 0.000000189. The molecule has 0 bridgehead atoms. The van der Waals surface area contributed by atoms with Crippen molar-refractivity contribution >= 4 is 0 Å². The summed E-state index contributed by atoms with van der Waals surface area (Å²) in [4.78, 5) is 0. The second-order valence-electron chi connectivity index (χ2n) is 2.11.